The Morgan fingerprint density at radius 2 is 1.77 bits per heavy atom. The number of guanidine groups is 1. The van der Waals surface area contributed by atoms with Gasteiger partial charge in [0, 0.05) is 12.2 Å². The maximum Gasteiger partial charge on any atom is 0.193 e. The van der Waals surface area contributed by atoms with Gasteiger partial charge in [0.1, 0.15) is 0 Å². The SMILES string of the molecule is Cc1cccc(NC(N)=NCCc2ccc(C)cc2C)c1.I. The van der Waals surface area contributed by atoms with Crippen molar-refractivity contribution in [1.29, 1.82) is 0 Å². The molecule has 0 heterocycles. The number of rotatable bonds is 4. The number of aryl methyl sites for hydroxylation is 3. The third-order valence-corrected chi connectivity index (χ3v) is 3.45. The highest BCUT2D eigenvalue weighted by Gasteiger charge is 1.99. The molecule has 4 heteroatoms. The zero-order chi connectivity index (χ0) is 15.2. The number of benzene rings is 2. The Hall–Kier alpha value is -1.56. The molecule has 3 nitrogen and oxygen atoms in total. The number of nitrogens with zero attached hydrogens (tertiary/aromatic N) is 1. The van der Waals surface area contributed by atoms with Crippen molar-refractivity contribution in [2.24, 2.45) is 10.7 Å². The van der Waals surface area contributed by atoms with Crippen LogP contribution >= 0.6 is 24.0 Å². The van der Waals surface area contributed by atoms with Crippen LogP contribution in [0.25, 0.3) is 0 Å². The third-order valence-electron chi connectivity index (χ3n) is 3.45. The van der Waals surface area contributed by atoms with E-state index in [0.29, 0.717) is 12.5 Å². The summed E-state index contributed by atoms with van der Waals surface area (Å²) in [5, 5.41) is 3.12. The molecular formula is C18H24IN3. The van der Waals surface area contributed by atoms with Crippen molar-refractivity contribution >= 4 is 35.6 Å². The summed E-state index contributed by atoms with van der Waals surface area (Å²) in [6, 6.07) is 14.6. The van der Waals surface area contributed by atoms with Crippen molar-refractivity contribution in [2.45, 2.75) is 27.2 Å². The lowest BCUT2D eigenvalue weighted by atomic mass is 10.0. The van der Waals surface area contributed by atoms with Gasteiger partial charge in [-0.2, -0.15) is 0 Å². The Bertz CT molecular complexity index is 651. The van der Waals surface area contributed by atoms with Crippen molar-refractivity contribution in [3.05, 3.63) is 64.7 Å². The minimum Gasteiger partial charge on any atom is -0.370 e. The van der Waals surface area contributed by atoms with E-state index in [0.717, 1.165) is 12.1 Å². The predicted molar refractivity (Wildman–Crippen MR) is 106 cm³/mol. The standard InChI is InChI=1S/C18H23N3.HI/c1-13-5-4-6-17(12-13)21-18(19)20-10-9-16-8-7-14(2)11-15(16)3;/h4-8,11-12H,9-10H2,1-3H3,(H3,19,20,21);1H. The number of anilines is 1. The zero-order valence-electron chi connectivity index (χ0n) is 13.4. The molecule has 0 bridgehead atoms. The molecule has 2 aromatic rings. The van der Waals surface area contributed by atoms with E-state index >= 15 is 0 Å². The van der Waals surface area contributed by atoms with E-state index in [4.69, 9.17) is 5.73 Å². The Kier molecular flexibility index (Phi) is 7.38. The van der Waals surface area contributed by atoms with E-state index in [1.165, 1.54) is 22.3 Å². The average Bonchev–Trinajstić information content (AvgIpc) is 2.41. The molecule has 118 valence electrons. The van der Waals surface area contributed by atoms with Gasteiger partial charge in [0.05, 0.1) is 0 Å². The summed E-state index contributed by atoms with van der Waals surface area (Å²) in [5.74, 6) is 0.463. The van der Waals surface area contributed by atoms with Crippen molar-refractivity contribution in [1.82, 2.24) is 0 Å². The van der Waals surface area contributed by atoms with Crippen molar-refractivity contribution in [2.75, 3.05) is 11.9 Å². The lowest BCUT2D eigenvalue weighted by molar-refractivity contribution is 0.953. The highest BCUT2D eigenvalue weighted by Crippen LogP contribution is 2.11. The van der Waals surface area contributed by atoms with Crippen LogP contribution in [0.15, 0.2) is 47.5 Å². The molecule has 0 saturated heterocycles. The summed E-state index contributed by atoms with van der Waals surface area (Å²) >= 11 is 0. The first kappa shape index (κ1) is 18.5. The maximum absolute atomic E-state index is 5.92. The molecule has 0 fully saturated rings. The second-order valence-electron chi connectivity index (χ2n) is 5.44. The first-order valence-corrected chi connectivity index (χ1v) is 7.24. The smallest absolute Gasteiger partial charge is 0.193 e. The van der Waals surface area contributed by atoms with Gasteiger partial charge in [-0.25, -0.2) is 0 Å². The number of nitrogens with two attached hydrogens (primary N) is 1. The third kappa shape index (κ3) is 5.67. The van der Waals surface area contributed by atoms with E-state index in [1.54, 1.807) is 0 Å². The molecule has 0 aliphatic heterocycles. The van der Waals surface area contributed by atoms with Gasteiger partial charge in [-0.15, -0.1) is 24.0 Å². The van der Waals surface area contributed by atoms with Crippen LogP contribution in [0.4, 0.5) is 5.69 Å². The number of aliphatic imine (C=N–C) groups is 1. The average molecular weight is 409 g/mol. The second kappa shape index (κ2) is 8.78. The number of halogens is 1. The van der Waals surface area contributed by atoms with Gasteiger partial charge in [-0.1, -0.05) is 35.9 Å². The second-order valence-corrected chi connectivity index (χ2v) is 5.44. The summed E-state index contributed by atoms with van der Waals surface area (Å²) < 4.78 is 0. The summed E-state index contributed by atoms with van der Waals surface area (Å²) in [4.78, 5) is 4.39. The normalized spacial score (nSPS) is 11.0. The molecule has 0 radical (unpaired) electrons. The summed E-state index contributed by atoms with van der Waals surface area (Å²) in [6.07, 6.45) is 0.905. The van der Waals surface area contributed by atoms with Crippen LogP contribution in [0.5, 0.6) is 0 Å². The zero-order valence-corrected chi connectivity index (χ0v) is 15.7. The van der Waals surface area contributed by atoms with E-state index < -0.39 is 0 Å². The van der Waals surface area contributed by atoms with Crippen molar-refractivity contribution < 1.29 is 0 Å². The van der Waals surface area contributed by atoms with Crippen LogP contribution in [0.2, 0.25) is 0 Å². The van der Waals surface area contributed by atoms with E-state index in [9.17, 15) is 0 Å². The molecule has 0 saturated carbocycles. The van der Waals surface area contributed by atoms with Crippen molar-refractivity contribution in [3.63, 3.8) is 0 Å². The molecule has 0 atom stereocenters. The highest BCUT2D eigenvalue weighted by molar-refractivity contribution is 14.0. The molecule has 0 unspecified atom stereocenters. The Morgan fingerprint density at radius 1 is 1.05 bits per heavy atom. The Morgan fingerprint density at radius 3 is 2.45 bits per heavy atom. The Labute approximate surface area is 150 Å². The van der Waals surface area contributed by atoms with Gasteiger partial charge in [-0.05, 0) is 56.0 Å². The summed E-state index contributed by atoms with van der Waals surface area (Å²) in [7, 11) is 0. The van der Waals surface area contributed by atoms with Gasteiger partial charge < -0.3 is 11.1 Å². The van der Waals surface area contributed by atoms with Crippen LogP contribution in [-0.2, 0) is 6.42 Å². The van der Waals surface area contributed by atoms with Gasteiger partial charge in [0.25, 0.3) is 0 Å². The minimum atomic E-state index is 0. The molecule has 2 aromatic carbocycles. The topological polar surface area (TPSA) is 50.4 Å². The highest BCUT2D eigenvalue weighted by atomic mass is 127. The van der Waals surface area contributed by atoms with E-state index in [2.05, 4.69) is 55.3 Å². The lowest BCUT2D eigenvalue weighted by Gasteiger charge is -2.07. The van der Waals surface area contributed by atoms with E-state index in [-0.39, 0.29) is 24.0 Å². The largest absolute Gasteiger partial charge is 0.370 e. The van der Waals surface area contributed by atoms with Crippen LogP contribution in [0, 0.1) is 20.8 Å². The van der Waals surface area contributed by atoms with Crippen LogP contribution in [0.1, 0.15) is 22.3 Å². The minimum absolute atomic E-state index is 0. The molecule has 0 amide bonds. The summed E-state index contributed by atoms with van der Waals surface area (Å²) in [5.41, 5.74) is 12.0. The van der Waals surface area contributed by atoms with Gasteiger partial charge in [0.2, 0.25) is 0 Å². The molecular weight excluding hydrogens is 385 g/mol. The monoisotopic (exact) mass is 409 g/mol. The first-order chi connectivity index (χ1) is 10.0. The quantitative estimate of drug-likeness (QED) is 0.452. The first-order valence-electron chi connectivity index (χ1n) is 7.24. The fourth-order valence-corrected chi connectivity index (χ4v) is 2.33. The van der Waals surface area contributed by atoms with Crippen LogP contribution in [0.3, 0.4) is 0 Å². The summed E-state index contributed by atoms with van der Waals surface area (Å²) in [6.45, 7) is 6.99. The van der Waals surface area contributed by atoms with Gasteiger partial charge >= 0.3 is 0 Å². The molecule has 22 heavy (non-hydrogen) atoms. The fraction of sp³-hybridized carbons (Fsp3) is 0.278. The number of hydrogen-bond donors (Lipinski definition) is 2. The van der Waals surface area contributed by atoms with E-state index in [1.807, 2.05) is 18.2 Å². The number of hydrogen-bond acceptors (Lipinski definition) is 1. The lowest BCUT2D eigenvalue weighted by Crippen LogP contribution is -2.23. The van der Waals surface area contributed by atoms with Crippen LogP contribution in [-0.4, -0.2) is 12.5 Å². The molecule has 0 aliphatic rings. The van der Waals surface area contributed by atoms with Gasteiger partial charge in [0.15, 0.2) is 5.96 Å². The molecule has 0 aliphatic carbocycles. The molecule has 2 rings (SSSR count). The fourth-order valence-electron chi connectivity index (χ4n) is 2.33. The van der Waals surface area contributed by atoms with Gasteiger partial charge in [-0.3, -0.25) is 4.99 Å². The Balaban J connectivity index is 0.00000242. The molecule has 0 spiro atoms. The molecule has 0 aromatic heterocycles. The molecule has 3 N–H and O–H groups in total. The maximum atomic E-state index is 5.92. The predicted octanol–water partition coefficient (Wildman–Crippen LogP) is 4.20. The number of nitrogens with one attached hydrogen (secondary N) is 1. The van der Waals surface area contributed by atoms with Crippen molar-refractivity contribution in [3.8, 4) is 0 Å². The van der Waals surface area contributed by atoms with Crippen LogP contribution < -0.4 is 11.1 Å².